The molecule has 0 aliphatic rings. The number of hydrogen-bond donors (Lipinski definition) is 1. The maximum Gasteiger partial charge on any atom is 0.322 e. The van der Waals surface area contributed by atoms with Crippen molar-refractivity contribution < 1.29 is 4.39 Å². The van der Waals surface area contributed by atoms with E-state index < -0.39 is 16.9 Å². The van der Waals surface area contributed by atoms with Crippen molar-refractivity contribution in [3.8, 4) is 5.82 Å². The van der Waals surface area contributed by atoms with Crippen LogP contribution < -0.4 is 11.1 Å². The number of rotatable bonds is 1. The lowest BCUT2D eigenvalue weighted by Gasteiger charge is -2.06. The van der Waals surface area contributed by atoms with Crippen molar-refractivity contribution in [2.24, 2.45) is 0 Å². The number of aryl methyl sites for hydroxylation is 1. The van der Waals surface area contributed by atoms with E-state index >= 15 is 0 Å². The molecule has 5 nitrogen and oxygen atoms in total. The number of nitrogens with one attached hydrogen (secondary N) is 1. The standard InChI is InChI=1S/C10H8FN3O2/c1-6-4-13-9(15)10(16)14(6)8-3-2-7(11)5-12-8/h2-5H,1H3,(H,13,15). The van der Waals surface area contributed by atoms with E-state index in [1.54, 1.807) is 6.92 Å². The fourth-order valence-corrected chi connectivity index (χ4v) is 1.34. The lowest BCUT2D eigenvalue weighted by Crippen LogP contribution is -2.36. The van der Waals surface area contributed by atoms with Crippen molar-refractivity contribution in [2.75, 3.05) is 0 Å². The summed E-state index contributed by atoms with van der Waals surface area (Å²) in [6.07, 6.45) is 2.39. The van der Waals surface area contributed by atoms with Gasteiger partial charge in [0.05, 0.1) is 6.20 Å². The fourth-order valence-electron chi connectivity index (χ4n) is 1.34. The number of nitrogens with zero attached hydrogens (tertiary/aromatic N) is 2. The molecule has 1 N–H and O–H groups in total. The molecule has 0 bridgehead atoms. The van der Waals surface area contributed by atoms with Crippen LogP contribution in [0.15, 0.2) is 34.1 Å². The molecular weight excluding hydrogens is 213 g/mol. The summed E-state index contributed by atoms with van der Waals surface area (Å²) in [6.45, 7) is 1.64. The molecule has 2 rings (SSSR count). The van der Waals surface area contributed by atoms with Crippen molar-refractivity contribution in [2.45, 2.75) is 6.92 Å². The van der Waals surface area contributed by atoms with E-state index in [1.807, 2.05) is 0 Å². The minimum atomic E-state index is -0.739. The number of aromatic nitrogens is 3. The Kier molecular flexibility index (Phi) is 2.40. The summed E-state index contributed by atoms with van der Waals surface area (Å²) in [6, 6.07) is 2.51. The quantitative estimate of drug-likeness (QED) is 0.707. The van der Waals surface area contributed by atoms with Crippen LogP contribution in [0.3, 0.4) is 0 Å². The Bertz CT molecular complexity index is 628. The number of aromatic amines is 1. The molecule has 0 unspecified atom stereocenters. The van der Waals surface area contributed by atoms with Gasteiger partial charge in [-0.05, 0) is 19.1 Å². The van der Waals surface area contributed by atoms with Gasteiger partial charge < -0.3 is 4.98 Å². The zero-order valence-corrected chi connectivity index (χ0v) is 8.40. The third kappa shape index (κ3) is 1.65. The third-order valence-corrected chi connectivity index (χ3v) is 2.10. The highest BCUT2D eigenvalue weighted by Gasteiger charge is 2.07. The molecule has 0 spiro atoms. The first-order valence-corrected chi connectivity index (χ1v) is 4.53. The fraction of sp³-hybridized carbons (Fsp3) is 0.100. The molecule has 82 valence electrons. The predicted molar refractivity (Wildman–Crippen MR) is 55.1 cm³/mol. The number of hydrogen-bond acceptors (Lipinski definition) is 3. The van der Waals surface area contributed by atoms with Gasteiger partial charge in [-0.1, -0.05) is 0 Å². The molecule has 0 radical (unpaired) electrons. The van der Waals surface area contributed by atoms with Gasteiger partial charge in [0, 0.05) is 11.9 Å². The van der Waals surface area contributed by atoms with Crippen molar-refractivity contribution in [3.05, 3.63) is 56.7 Å². The molecule has 0 aliphatic heterocycles. The summed E-state index contributed by atoms with van der Waals surface area (Å²) in [5.41, 5.74) is -0.959. The highest BCUT2D eigenvalue weighted by Crippen LogP contribution is 2.03. The molecule has 2 aromatic rings. The van der Waals surface area contributed by atoms with Crippen LogP contribution in [0, 0.1) is 12.7 Å². The second-order valence-corrected chi connectivity index (χ2v) is 3.23. The maximum atomic E-state index is 12.7. The first-order valence-electron chi connectivity index (χ1n) is 4.53. The van der Waals surface area contributed by atoms with Gasteiger partial charge in [0.15, 0.2) is 0 Å². The van der Waals surface area contributed by atoms with Crippen molar-refractivity contribution in [3.63, 3.8) is 0 Å². The van der Waals surface area contributed by atoms with E-state index in [0.717, 1.165) is 10.8 Å². The minimum absolute atomic E-state index is 0.218. The molecule has 0 atom stereocenters. The summed E-state index contributed by atoms with van der Waals surface area (Å²) in [5, 5.41) is 0. The molecule has 2 heterocycles. The first-order chi connectivity index (χ1) is 7.59. The summed E-state index contributed by atoms with van der Waals surface area (Å²) < 4.78 is 13.8. The molecule has 16 heavy (non-hydrogen) atoms. The molecular formula is C10H8FN3O2. The van der Waals surface area contributed by atoms with Crippen LogP contribution in [0.1, 0.15) is 5.69 Å². The summed E-state index contributed by atoms with van der Waals surface area (Å²) in [7, 11) is 0. The Morgan fingerprint density at radius 3 is 2.75 bits per heavy atom. The number of pyridine rings is 1. The Hall–Kier alpha value is -2.24. The van der Waals surface area contributed by atoms with Crippen molar-refractivity contribution in [1.82, 2.24) is 14.5 Å². The van der Waals surface area contributed by atoms with Crippen LogP contribution in [0.4, 0.5) is 4.39 Å². The normalized spacial score (nSPS) is 10.4. The van der Waals surface area contributed by atoms with E-state index in [-0.39, 0.29) is 5.82 Å². The van der Waals surface area contributed by atoms with Crippen molar-refractivity contribution in [1.29, 1.82) is 0 Å². The summed E-state index contributed by atoms with van der Waals surface area (Å²) in [5.74, 6) is -0.283. The van der Waals surface area contributed by atoms with Gasteiger partial charge in [-0.3, -0.25) is 14.2 Å². The third-order valence-electron chi connectivity index (χ3n) is 2.10. The predicted octanol–water partition coefficient (Wildman–Crippen LogP) is 0.368. The zero-order chi connectivity index (χ0) is 11.7. The monoisotopic (exact) mass is 221 g/mol. The van der Waals surface area contributed by atoms with E-state index in [4.69, 9.17) is 0 Å². The molecule has 0 saturated carbocycles. The van der Waals surface area contributed by atoms with E-state index in [1.165, 1.54) is 18.3 Å². The van der Waals surface area contributed by atoms with Crippen LogP contribution in [-0.4, -0.2) is 14.5 Å². The second-order valence-electron chi connectivity index (χ2n) is 3.23. The summed E-state index contributed by atoms with van der Waals surface area (Å²) >= 11 is 0. The van der Waals surface area contributed by atoms with Gasteiger partial charge in [0.2, 0.25) is 0 Å². The molecule has 0 aromatic carbocycles. The van der Waals surface area contributed by atoms with Crippen LogP contribution >= 0.6 is 0 Å². The SMILES string of the molecule is Cc1c[nH]c(=O)c(=O)n1-c1ccc(F)cn1. The van der Waals surface area contributed by atoms with Gasteiger partial charge in [-0.25, -0.2) is 9.37 Å². The second kappa shape index (κ2) is 3.73. The Morgan fingerprint density at radius 1 is 1.38 bits per heavy atom. The Morgan fingerprint density at radius 2 is 2.12 bits per heavy atom. The molecule has 0 saturated heterocycles. The smallest absolute Gasteiger partial charge is 0.322 e. The highest BCUT2D eigenvalue weighted by molar-refractivity contribution is 5.24. The van der Waals surface area contributed by atoms with Crippen LogP contribution in [0.25, 0.3) is 5.82 Å². The van der Waals surface area contributed by atoms with E-state index in [9.17, 15) is 14.0 Å². The number of H-pyrrole nitrogens is 1. The average molecular weight is 221 g/mol. The lowest BCUT2D eigenvalue weighted by molar-refractivity contribution is 0.619. The average Bonchev–Trinajstić information content (AvgIpc) is 2.27. The highest BCUT2D eigenvalue weighted by atomic mass is 19.1. The number of halogens is 1. The van der Waals surface area contributed by atoms with Gasteiger partial charge in [0.1, 0.15) is 11.6 Å². The zero-order valence-electron chi connectivity index (χ0n) is 8.40. The first kappa shape index (κ1) is 10.3. The van der Waals surface area contributed by atoms with Gasteiger partial charge in [0.25, 0.3) is 0 Å². The largest absolute Gasteiger partial charge is 0.323 e. The van der Waals surface area contributed by atoms with Gasteiger partial charge in [-0.15, -0.1) is 0 Å². The van der Waals surface area contributed by atoms with E-state index in [0.29, 0.717) is 5.69 Å². The van der Waals surface area contributed by atoms with Crippen LogP contribution in [0.2, 0.25) is 0 Å². The molecule has 2 aromatic heterocycles. The van der Waals surface area contributed by atoms with E-state index in [2.05, 4.69) is 9.97 Å². The minimum Gasteiger partial charge on any atom is -0.323 e. The van der Waals surface area contributed by atoms with Crippen molar-refractivity contribution >= 4 is 0 Å². The molecule has 6 heteroatoms. The molecule has 0 amide bonds. The van der Waals surface area contributed by atoms with Crippen LogP contribution in [-0.2, 0) is 0 Å². The Labute approximate surface area is 89.2 Å². The Balaban J connectivity index is 2.74. The van der Waals surface area contributed by atoms with Gasteiger partial charge in [-0.2, -0.15) is 0 Å². The molecule has 0 aliphatic carbocycles. The molecule has 0 fully saturated rings. The topological polar surface area (TPSA) is 67.8 Å². The van der Waals surface area contributed by atoms with Crippen LogP contribution in [0.5, 0.6) is 0 Å². The lowest BCUT2D eigenvalue weighted by atomic mass is 10.4. The van der Waals surface area contributed by atoms with Gasteiger partial charge >= 0.3 is 11.1 Å². The maximum absolute atomic E-state index is 12.7. The summed E-state index contributed by atoms with van der Waals surface area (Å²) in [4.78, 5) is 28.7.